The van der Waals surface area contributed by atoms with Gasteiger partial charge in [-0.25, -0.2) is 9.67 Å². The molecule has 1 aliphatic heterocycles. The molecule has 3 N–H and O–H groups in total. The van der Waals surface area contributed by atoms with Gasteiger partial charge in [0.1, 0.15) is 18.5 Å². The highest BCUT2D eigenvalue weighted by Crippen LogP contribution is 2.32. The molecule has 182 valence electrons. The van der Waals surface area contributed by atoms with Crippen molar-refractivity contribution in [3.8, 4) is 34.1 Å². The first-order valence-corrected chi connectivity index (χ1v) is 11.5. The van der Waals surface area contributed by atoms with Crippen LogP contribution in [0, 0.1) is 0 Å². The van der Waals surface area contributed by atoms with Crippen molar-refractivity contribution in [1.82, 2.24) is 35.2 Å². The molecule has 3 unspecified atom stereocenters. The van der Waals surface area contributed by atoms with Gasteiger partial charge in [0.15, 0.2) is 11.8 Å². The summed E-state index contributed by atoms with van der Waals surface area (Å²) >= 11 is 6.54. The van der Waals surface area contributed by atoms with Gasteiger partial charge in [-0.2, -0.15) is 4.98 Å². The zero-order chi connectivity index (χ0) is 24.6. The maximum absolute atomic E-state index is 10.2. The highest BCUT2D eigenvalue weighted by molar-refractivity contribution is 6.33. The fourth-order valence-corrected chi connectivity index (χ4v) is 4.38. The average Bonchev–Trinajstić information content (AvgIpc) is 3.65. The zero-order valence-electron chi connectivity index (χ0n) is 18.7. The minimum absolute atomic E-state index is 0.148. The van der Waals surface area contributed by atoms with Gasteiger partial charge in [-0.1, -0.05) is 48.0 Å². The zero-order valence-corrected chi connectivity index (χ0v) is 19.4. The van der Waals surface area contributed by atoms with Crippen LogP contribution in [0.4, 0.5) is 0 Å². The molecule has 3 atom stereocenters. The summed E-state index contributed by atoms with van der Waals surface area (Å²) in [6, 6.07) is 17.7. The molecule has 0 spiro atoms. The summed E-state index contributed by atoms with van der Waals surface area (Å²) in [4.78, 5) is 12.0. The topological polar surface area (TPSA) is 144 Å². The van der Waals surface area contributed by atoms with Gasteiger partial charge in [-0.05, 0) is 39.8 Å². The molecule has 2 aromatic carbocycles. The summed E-state index contributed by atoms with van der Waals surface area (Å²) < 4.78 is 12.7. The van der Waals surface area contributed by atoms with Crippen molar-refractivity contribution in [3.63, 3.8) is 0 Å². The van der Waals surface area contributed by atoms with Crippen LogP contribution < -0.4 is 4.74 Å². The number of aromatic amines is 1. The summed E-state index contributed by atoms with van der Waals surface area (Å²) in [5, 5.41) is 31.1. The van der Waals surface area contributed by atoms with E-state index in [0.717, 1.165) is 22.4 Å². The molecule has 0 radical (unpaired) electrons. The van der Waals surface area contributed by atoms with Crippen molar-refractivity contribution in [2.24, 2.45) is 0 Å². The standard InChI is InChI=1S/C24H20ClN7O4/c25-17-9-18-23(29-24(27-18)36-20-11-35-19(10-33)22(20)34)28-21(17)15-3-1-13(2-4-15)14-5-7-16(8-6-14)32-12-26-30-31-32/h1-9,12,19-20,22,33-34H,10-11H2,(H,27,28,29). The van der Waals surface area contributed by atoms with Gasteiger partial charge in [-0.15, -0.1) is 5.10 Å². The maximum Gasteiger partial charge on any atom is 0.296 e. The number of hydrogen-bond donors (Lipinski definition) is 3. The molecule has 1 aliphatic rings. The van der Waals surface area contributed by atoms with Gasteiger partial charge in [-0.3, -0.25) is 0 Å². The number of ether oxygens (including phenoxy) is 2. The van der Waals surface area contributed by atoms with E-state index in [1.54, 1.807) is 17.1 Å². The second kappa shape index (κ2) is 9.28. The van der Waals surface area contributed by atoms with Crippen LogP contribution in [-0.2, 0) is 4.74 Å². The predicted molar refractivity (Wildman–Crippen MR) is 130 cm³/mol. The number of aliphatic hydroxyl groups excluding tert-OH is 2. The van der Waals surface area contributed by atoms with Crippen LogP contribution in [0.3, 0.4) is 0 Å². The first-order valence-electron chi connectivity index (χ1n) is 11.2. The maximum atomic E-state index is 10.2. The van der Waals surface area contributed by atoms with Gasteiger partial charge in [0.2, 0.25) is 0 Å². The summed E-state index contributed by atoms with van der Waals surface area (Å²) in [5.41, 5.74) is 5.41. The lowest BCUT2D eigenvalue weighted by molar-refractivity contribution is -0.00390. The third kappa shape index (κ3) is 4.18. The second-order valence-electron chi connectivity index (χ2n) is 8.31. The first kappa shape index (κ1) is 22.6. The predicted octanol–water partition coefficient (Wildman–Crippen LogP) is 2.42. The van der Waals surface area contributed by atoms with E-state index in [1.807, 2.05) is 48.5 Å². The van der Waals surface area contributed by atoms with Gasteiger partial charge in [0.05, 0.1) is 35.1 Å². The smallest absolute Gasteiger partial charge is 0.296 e. The van der Waals surface area contributed by atoms with E-state index in [1.165, 1.54) is 0 Å². The number of hydrogen-bond acceptors (Lipinski definition) is 9. The number of rotatable bonds is 6. The van der Waals surface area contributed by atoms with Crippen molar-refractivity contribution in [2.75, 3.05) is 13.2 Å². The monoisotopic (exact) mass is 505 g/mol. The van der Waals surface area contributed by atoms with Gasteiger partial charge >= 0.3 is 0 Å². The molecule has 1 saturated heterocycles. The second-order valence-corrected chi connectivity index (χ2v) is 8.72. The number of nitrogens with zero attached hydrogens (tertiary/aromatic N) is 6. The number of fused-ring (bicyclic) bond motifs is 1. The lowest BCUT2D eigenvalue weighted by atomic mass is 10.0. The van der Waals surface area contributed by atoms with Gasteiger partial charge in [0, 0.05) is 5.56 Å². The Hall–Kier alpha value is -3.90. The lowest BCUT2D eigenvalue weighted by Crippen LogP contribution is -2.36. The molecule has 5 aromatic rings. The fourth-order valence-electron chi connectivity index (χ4n) is 4.12. The van der Waals surface area contributed by atoms with E-state index < -0.39 is 18.3 Å². The average molecular weight is 506 g/mol. The third-order valence-corrected chi connectivity index (χ3v) is 6.34. The number of pyridine rings is 1. The Balaban J connectivity index is 1.22. The molecular formula is C24H20ClN7O4. The number of aliphatic hydroxyl groups is 2. The summed E-state index contributed by atoms with van der Waals surface area (Å²) in [5.74, 6) is 0. The SMILES string of the molecule is OCC1OCC(Oc2nc3nc(-c4ccc(-c5ccc(-n6cnnn6)cc5)cc4)c(Cl)cc3[nH]2)C1O. The fraction of sp³-hybridized carbons (Fsp3) is 0.208. The Morgan fingerprint density at radius 2 is 1.78 bits per heavy atom. The van der Waals surface area contributed by atoms with Crippen molar-refractivity contribution in [2.45, 2.75) is 18.3 Å². The van der Waals surface area contributed by atoms with Crippen LogP contribution in [-0.4, -0.2) is 76.9 Å². The number of aromatic nitrogens is 7. The molecule has 12 heteroatoms. The summed E-state index contributed by atoms with van der Waals surface area (Å²) in [6.07, 6.45) is -0.729. The van der Waals surface area contributed by atoms with Crippen LogP contribution in [0.15, 0.2) is 60.9 Å². The van der Waals surface area contributed by atoms with E-state index in [4.69, 9.17) is 21.1 Å². The summed E-state index contributed by atoms with van der Waals surface area (Å²) in [6.45, 7) is -0.137. The first-order chi connectivity index (χ1) is 17.6. The number of tetrazole rings is 1. The van der Waals surface area contributed by atoms with Crippen molar-refractivity contribution in [1.29, 1.82) is 0 Å². The van der Waals surface area contributed by atoms with Crippen LogP contribution in [0.5, 0.6) is 6.01 Å². The van der Waals surface area contributed by atoms with E-state index in [2.05, 4.69) is 30.5 Å². The molecule has 1 fully saturated rings. The lowest BCUT2D eigenvalue weighted by Gasteiger charge is -2.15. The molecule has 0 aliphatic carbocycles. The van der Waals surface area contributed by atoms with E-state index in [9.17, 15) is 10.2 Å². The minimum atomic E-state index is -0.954. The molecule has 0 amide bonds. The molecule has 0 saturated carbocycles. The van der Waals surface area contributed by atoms with Crippen LogP contribution in [0.25, 0.3) is 39.2 Å². The van der Waals surface area contributed by atoms with Crippen LogP contribution in [0.2, 0.25) is 5.02 Å². The Kier molecular flexibility index (Phi) is 5.82. The highest BCUT2D eigenvalue weighted by Gasteiger charge is 2.37. The third-order valence-electron chi connectivity index (χ3n) is 6.06. The van der Waals surface area contributed by atoms with E-state index in [0.29, 0.717) is 21.9 Å². The Morgan fingerprint density at radius 1 is 1.06 bits per heavy atom. The van der Waals surface area contributed by atoms with Crippen molar-refractivity contribution < 1.29 is 19.7 Å². The van der Waals surface area contributed by atoms with Gasteiger partial charge in [0.25, 0.3) is 6.01 Å². The normalized spacial score (nSPS) is 19.7. The molecular weight excluding hydrogens is 486 g/mol. The Morgan fingerprint density at radius 3 is 2.44 bits per heavy atom. The molecule has 6 rings (SSSR count). The van der Waals surface area contributed by atoms with Crippen LogP contribution in [0.1, 0.15) is 0 Å². The number of halogens is 1. The quantitative estimate of drug-likeness (QED) is 0.317. The van der Waals surface area contributed by atoms with E-state index in [-0.39, 0.29) is 19.2 Å². The minimum Gasteiger partial charge on any atom is -0.456 e. The largest absolute Gasteiger partial charge is 0.456 e. The molecule has 3 aromatic heterocycles. The molecule has 11 nitrogen and oxygen atoms in total. The van der Waals surface area contributed by atoms with E-state index >= 15 is 0 Å². The summed E-state index contributed by atoms with van der Waals surface area (Å²) in [7, 11) is 0. The van der Waals surface area contributed by atoms with Crippen molar-refractivity contribution in [3.05, 3.63) is 65.9 Å². The number of H-pyrrole nitrogens is 1. The number of nitrogens with one attached hydrogen (secondary N) is 1. The molecule has 0 bridgehead atoms. The molecule has 4 heterocycles. The van der Waals surface area contributed by atoms with Crippen molar-refractivity contribution >= 4 is 22.8 Å². The number of imidazole rings is 1. The van der Waals surface area contributed by atoms with Crippen LogP contribution >= 0.6 is 11.6 Å². The molecule has 36 heavy (non-hydrogen) atoms. The highest BCUT2D eigenvalue weighted by atomic mass is 35.5. The number of benzene rings is 2. The Labute approximate surface area is 209 Å². The van der Waals surface area contributed by atoms with Gasteiger partial charge < -0.3 is 24.7 Å². The Bertz CT molecular complexity index is 1490.